The SMILES string of the molecule is C=C(c1ccc(Br)cc1)c1ccccc1C(=O)O. The zero-order chi connectivity index (χ0) is 13.1. The Bertz CT molecular complexity index is 600. The van der Waals surface area contributed by atoms with Crippen molar-refractivity contribution in [1.29, 1.82) is 0 Å². The molecule has 0 heterocycles. The van der Waals surface area contributed by atoms with Gasteiger partial charge in [0, 0.05) is 4.47 Å². The highest BCUT2D eigenvalue weighted by molar-refractivity contribution is 9.10. The molecule has 0 unspecified atom stereocenters. The van der Waals surface area contributed by atoms with Crippen LogP contribution in [0.2, 0.25) is 0 Å². The van der Waals surface area contributed by atoms with Crippen molar-refractivity contribution in [2.24, 2.45) is 0 Å². The first-order valence-corrected chi connectivity index (χ1v) is 6.16. The van der Waals surface area contributed by atoms with Gasteiger partial charge < -0.3 is 5.11 Å². The van der Waals surface area contributed by atoms with Crippen molar-refractivity contribution >= 4 is 27.5 Å². The van der Waals surface area contributed by atoms with Gasteiger partial charge in [0.15, 0.2) is 0 Å². The lowest BCUT2D eigenvalue weighted by molar-refractivity contribution is 0.0696. The summed E-state index contributed by atoms with van der Waals surface area (Å²) in [5.41, 5.74) is 2.53. The van der Waals surface area contributed by atoms with E-state index < -0.39 is 5.97 Å². The van der Waals surface area contributed by atoms with Crippen molar-refractivity contribution in [3.63, 3.8) is 0 Å². The summed E-state index contributed by atoms with van der Waals surface area (Å²) in [6.45, 7) is 3.99. The van der Waals surface area contributed by atoms with Crippen molar-refractivity contribution in [2.45, 2.75) is 0 Å². The number of benzene rings is 2. The molecule has 0 aromatic heterocycles. The van der Waals surface area contributed by atoms with Crippen LogP contribution < -0.4 is 0 Å². The van der Waals surface area contributed by atoms with Gasteiger partial charge in [0.2, 0.25) is 0 Å². The smallest absolute Gasteiger partial charge is 0.336 e. The van der Waals surface area contributed by atoms with Gasteiger partial charge in [-0.05, 0) is 34.9 Å². The standard InChI is InChI=1S/C15H11BrO2/c1-10(11-6-8-12(16)9-7-11)13-4-2-3-5-14(13)15(17)18/h2-9H,1H2,(H,17,18). The van der Waals surface area contributed by atoms with Gasteiger partial charge in [-0.1, -0.05) is 52.8 Å². The summed E-state index contributed by atoms with van der Waals surface area (Å²) in [6.07, 6.45) is 0. The lowest BCUT2D eigenvalue weighted by Crippen LogP contribution is -2.01. The lowest BCUT2D eigenvalue weighted by atomic mass is 9.95. The Morgan fingerprint density at radius 1 is 1.00 bits per heavy atom. The fourth-order valence-corrected chi connectivity index (χ4v) is 2.00. The molecule has 0 fully saturated rings. The molecule has 90 valence electrons. The van der Waals surface area contributed by atoms with E-state index in [0.717, 1.165) is 10.0 Å². The normalized spacial score (nSPS) is 10.1. The van der Waals surface area contributed by atoms with E-state index in [9.17, 15) is 4.79 Å². The van der Waals surface area contributed by atoms with Gasteiger partial charge in [0.05, 0.1) is 5.56 Å². The Morgan fingerprint density at radius 3 is 2.11 bits per heavy atom. The highest BCUT2D eigenvalue weighted by Gasteiger charge is 2.12. The van der Waals surface area contributed by atoms with Crippen LogP contribution in [-0.4, -0.2) is 11.1 Å². The molecule has 2 aromatic rings. The van der Waals surface area contributed by atoms with Crippen LogP contribution in [0.1, 0.15) is 21.5 Å². The summed E-state index contributed by atoms with van der Waals surface area (Å²) in [4.78, 5) is 11.2. The molecule has 0 bridgehead atoms. The first-order chi connectivity index (χ1) is 8.59. The Labute approximate surface area is 114 Å². The number of carboxylic acid groups (broad SMARTS) is 1. The fourth-order valence-electron chi connectivity index (χ4n) is 1.74. The van der Waals surface area contributed by atoms with E-state index in [-0.39, 0.29) is 5.56 Å². The fraction of sp³-hybridized carbons (Fsp3) is 0. The van der Waals surface area contributed by atoms with Crippen LogP contribution in [0.5, 0.6) is 0 Å². The van der Waals surface area contributed by atoms with Gasteiger partial charge in [-0.15, -0.1) is 0 Å². The summed E-state index contributed by atoms with van der Waals surface area (Å²) >= 11 is 3.36. The first-order valence-electron chi connectivity index (χ1n) is 5.37. The van der Waals surface area contributed by atoms with Crippen molar-refractivity contribution < 1.29 is 9.90 Å². The Balaban J connectivity index is 2.46. The number of halogens is 1. The molecule has 0 spiro atoms. The van der Waals surface area contributed by atoms with Crippen molar-refractivity contribution in [3.8, 4) is 0 Å². The Kier molecular flexibility index (Phi) is 3.63. The zero-order valence-corrected chi connectivity index (χ0v) is 11.1. The topological polar surface area (TPSA) is 37.3 Å². The van der Waals surface area contributed by atoms with E-state index in [1.807, 2.05) is 30.3 Å². The molecule has 0 saturated carbocycles. The van der Waals surface area contributed by atoms with Gasteiger partial charge in [-0.3, -0.25) is 0 Å². The van der Waals surface area contributed by atoms with Crippen LogP contribution in [0.3, 0.4) is 0 Å². The maximum absolute atomic E-state index is 11.2. The number of aromatic carboxylic acids is 1. The predicted molar refractivity (Wildman–Crippen MR) is 75.7 cm³/mol. The molecule has 0 amide bonds. The Hall–Kier alpha value is -1.87. The third-order valence-electron chi connectivity index (χ3n) is 2.68. The molecule has 0 atom stereocenters. The minimum atomic E-state index is -0.941. The van der Waals surface area contributed by atoms with Gasteiger partial charge in [0.25, 0.3) is 0 Å². The molecular formula is C15H11BrO2. The summed E-state index contributed by atoms with van der Waals surface area (Å²) in [5.74, 6) is -0.941. The summed E-state index contributed by atoms with van der Waals surface area (Å²) < 4.78 is 0.977. The van der Waals surface area contributed by atoms with E-state index in [4.69, 9.17) is 5.11 Å². The predicted octanol–water partition coefficient (Wildman–Crippen LogP) is 4.21. The second-order valence-corrected chi connectivity index (χ2v) is 4.75. The maximum Gasteiger partial charge on any atom is 0.336 e. The lowest BCUT2D eigenvalue weighted by Gasteiger charge is -2.09. The summed E-state index contributed by atoms with van der Waals surface area (Å²) in [6, 6.07) is 14.5. The molecule has 0 aliphatic carbocycles. The van der Waals surface area contributed by atoms with Gasteiger partial charge in [0.1, 0.15) is 0 Å². The largest absolute Gasteiger partial charge is 0.478 e. The quantitative estimate of drug-likeness (QED) is 0.922. The van der Waals surface area contributed by atoms with Crippen molar-refractivity contribution in [1.82, 2.24) is 0 Å². The molecule has 2 nitrogen and oxygen atoms in total. The van der Waals surface area contributed by atoms with E-state index in [0.29, 0.717) is 11.1 Å². The molecule has 0 aliphatic heterocycles. The van der Waals surface area contributed by atoms with Crippen LogP contribution in [0.4, 0.5) is 0 Å². The van der Waals surface area contributed by atoms with Crippen LogP contribution in [0.15, 0.2) is 59.6 Å². The van der Waals surface area contributed by atoms with E-state index in [1.165, 1.54) is 0 Å². The third kappa shape index (κ3) is 2.51. The molecular weight excluding hydrogens is 292 g/mol. The van der Waals surface area contributed by atoms with Gasteiger partial charge >= 0.3 is 5.97 Å². The molecule has 18 heavy (non-hydrogen) atoms. The minimum absolute atomic E-state index is 0.269. The first kappa shape index (κ1) is 12.6. The summed E-state index contributed by atoms with van der Waals surface area (Å²) in [5, 5.41) is 9.16. The van der Waals surface area contributed by atoms with Crippen molar-refractivity contribution in [2.75, 3.05) is 0 Å². The number of hydrogen-bond acceptors (Lipinski definition) is 1. The molecule has 0 radical (unpaired) electrons. The number of carbonyl (C=O) groups is 1. The molecule has 0 saturated heterocycles. The third-order valence-corrected chi connectivity index (χ3v) is 3.20. The van der Waals surface area contributed by atoms with E-state index >= 15 is 0 Å². The van der Waals surface area contributed by atoms with Crippen LogP contribution in [0, 0.1) is 0 Å². The van der Waals surface area contributed by atoms with Gasteiger partial charge in [-0.2, -0.15) is 0 Å². The van der Waals surface area contributed by atoms with Gasteiger partial charge in [-0.25, -0.2) is 4.79 Å². The second kappa shape index (κ2) is 5.19. The number of carboxylic acids is 1. The molecule has 3 heteroatoms. The summed E-state index contributed by atoms with van der Waals surface area (Å²) in [7, 11) is 0. The zero-order valence-electron chi connectivity index (χ0n) is 9.56. The van der Waals surface area contributed by atoms with E-state index in [2.05, 4.69) is 22.5 Å². The van der Waals surface area contributed by atoms with Crippen LogP contribution in [0.25, 0.3) is 5.57 Å². The molecule has 2 rings (SSSR count). The maximum atomic E-state index is 11.2. The van der Waals surface area contributed by atoms with E-state index in [1.54, 1.807) is 18.2 Å². The molecule has 1 N–H and O–H groups in total. The Morgan fingerprint density at radius 2 is 1.56 bits per heavy atom. The number of hydrogen-bond donors (Lipinski definition) is 1. The van der Waals surface area contributed by atoms with Crippen LogP contribution in [-0.2, 0) is 0 Å². The second-order valence-electron chi connectivity index (χ2n) is 3.84. The average molecular weight is 303 g/mol. The monoisotopic (exact) mass is 302 g/mol. The number of rotatable bonds is 3. The van der Waals surface area contributed by atoms with Crippen molar-refractivity contribution in [3.05, 3.63) is 76.3 Å². The van der Waals surface area contributed by atoms with Crippen LogP contribution >= 0.6 is 15.9 Å². The highest BCUT2D eigenvalue weighted by Crippen LogP contribution is 2.25. The highest BCUT2D eigenvalue weighted by atomic mass is 79.9. The molecule has 2 aromatic carbocycles. The minimum Gasteiger partial charge on any atom is -0.478 e. The molecule has 0 aliphatic rings. The average Bonchev–Trinajstić information content (AvgIpc) is 2.39.